The van der Waals surface area contributed by atoms with Crippen molar-refractivity contribution in [2.24, 2.45) is 15.9 Å². The molecule has 9 nitrogen and oxygen atoms in total. The third-order valence-corrected chi connectivity index (χ3v) is 8.32. The molecule has 1 saturated heterocycles. The molecule has 0 saturated carbocycles. The van der Waals surface area contributed by atoms with E-state index in [1.165, 1.54) is 5.56 Å². The van der Waals surface area contributed by atoms with Gasteiger partial charge in [-0.3, -0.25) is 10.3 Å². The molecule has 2 N–H and O–H groups in total. The lowest BCUT2D eigenvalue weighted by molar-refractivity contribution is 0.0799. The van der Waals surface area contributed by atoms with Crippen LogP contribution in [0.15, 0.2) is 94.8 Å². The first-order valence-electron chi connectivity index (χ1n) is 16.4. The molecule has 9 heteroatoms. The first-order valence-corrected chi connectivity index (χ1v) is 16.4. The molecule has 1 atom stereocenters. The molecule has 250 valence electrons. The summed E-state index contributed by atoms with van der Waals surface area (Å²) in [7, 11) is 9.97. The summed E-state index contributed by atoms with van der Waals surface area (Å²) in [5, 5.41) is 9.21. The van der Waals surface area contributed by atoms with E-state index in [4.69, 9.17) is 19.7 Å². The van der Waals surface area contributed by atoms with Crippen LogP contribution in [0.3, 0.4) is 0 Å². The number of aliphatic imine (C=N–C) groups is 2. The van der Waals surface area contributed by atoms with Crippen molar-refractivity contribution in [1.29, 1.82) is 0 Å². The number of likely N-dealkylation sites (N-methyl/N-ethyl adjacent to an activating group) is 2. The second-order valence-electron chi connectivity index (χ2n) is 12.5. The minimum Gasteiger partial charge on any atom is -0.378 e. The van der Waals surface area contributed by atoms with Gasteiger partial charge in [0.15, 0.2) is 0 Å². The predicted octanol–water partition coefficient (Wildman–Crippen LogP) is 5.83. The largest absolute Gasteiger partial charge is 0.378 e. The molecule has 2 heterocycles. The number of fused-ring (bicyclic) bond motifs is 1. The van der Waals surface area contributed by atoms with Gasteiger partial charge in [0.25, 0.3) is 0 Å². The highest BCUT2D eigenvalue weighted by Crippen LogP contribution is 2.30. The van der Waals surface area contributed by atoms with Gasteiger partial charge < -0.3 is 24.8 Å². The van der Waals surface area contributed by atoms with E-state index in [0.29, 0.717) is 25.0 Å². The maximum Gasteiger partial charge on any atom is 0.206 e. The van der Waals surface area contributed by atoms with E-state index in [-0.39, 0.29) is 12.0 Å². The highest BCUT2D eigenvalue weighted by Gasteiger charge is 2.25. The van der Waals surface area contributed by atoms with Crippen molar-refractivity contribution in [1.82, 2.24) is 30.3 Å². The highest BCUT2D eigenvalue weighted by molar-refractivity contribution is 6.03. The molecule has 3 aromatic rings. The van der Waals surface area contributed by atoms with Gasteiger partial charge in [-0.25, -0.2) is 9.98 Å². The summed E-state index contributed by atoms with van der Waals surface area (Å²) < 4.78 is 5.73. The number of ether oxygens (including phenoxy) is 1. The van der Waals surface area contributed by atoms with E-state index < -0.39 is 0 Å². The Bertz CT molecular complexity index is 1640. The van der Waals surface area contributed by atoms with Gasteiger partial charge in [0.05, 0.1) is 24.9 Å². The lowest BCUT2D eigenvalue weighted by Gasteiger charge is -2.34. The van der Waals surface area contributed by atoms with E-state index in [2.05, 4.69) is 130 Å². The first-order chi connectivity index (χ1) is 22.6. The zero-order valence-electron chi connectivity index (χ0n) is 29.4. The van der Waals surface area contributed by atoms with Gasteiger partial charge in [0, 0.05) is 44.4 Å². The summed E-state index contributed by atoms with van der Waals surface area (Å²) >= 11 is 0. The number of methoxy groups -OCH3 is 1. The SMILES string of the molecule is C=C/C(=C1/NC(=NCC(CN(C)CC)OC)NC(=NCc2ccccc2-c2nccc3cc(/C=C/CN(C)C)ccc23)N1C)C(C)C. The maximum absolute atomic E-state index is 5.73. The number of nitrogens with zero attached hydrogens (tertiary/aromatic N) is 6. The molecule has 0 amide bonds. The smallest absolute Gasteiger partial charge is 0.206 e. The Morgan fingerprint density at radius 3 is 2.57 bits per heavy atom. The van der Waals surface area contributed by atoms with Crippen LogP contribution in [-0.2, 0) is 11.3 Å². The number of nitrogens with one attached hydrogen (secondary N) is 2. The standard InChI is InChI=1S/C38H52N8O/c1-10-32(27(3)4)36-42-37(40-25-31(47-9)26-45(7)11-2)43-38(46(36)8)41-24-30-16-12-13-17-33(30)35-34-19-18-28(15-14-22-44(5)6)23-29(34)20-21-39-35/h10,12-21,23,27,31H,1,11,22,24-26H2,2-9H3,(H2,40,41,42,43)/b15-14+,36-32+. The van der Waals surface area contributed by atoms with Crippen LogP contribution in [0.4, 0.5) is 0 Å². The van der Waals surface area contributed by atoms with Crippen LogP contribution in [0, 0.1) is 5.92 Å². The molecule has 0 bridgehead atoms. The van der Waals surface area contributed by atoms with Gasteiger partial charge in [-0.15, -0.1) is 0 Å². The lowest BCUT2D eigenvalue weighted by atomic mass is 9.98. The summed E-state index contributed by atoms with van der Waals surface area (Å²) in [4.78, 5) is 21.3. The topological polar surface area (TPSA) is 80.6 Å². The average Bonchev–Trinajstić information content (AvgIpc) is 3.06. The number of hydrogen-bond acceptors (Lipinski definition) is 6. The molecule has 47 heavy (non-hydrogen) atoms. The Labute approximate surface area is 281 Å². The van der Waals surface area contributed by atoms with Crippen molar-refractivity contribution in [2.75, 3.05) is 61.5 Å². The fourth-order valence-corrected chi connectivity index (χ4v) is 5.46. The zero-order chi connectivity index (χ0) is 33.9. The van der Waals surface area contributed by atoms with E-state index in [1.54, 1.807) is 7.11 Å². The van der Waals surface area contributed by atoms with Crippen LogP contribution in [0.5, 0.6) is 0 Å². The maximum atomic E-state index is 5.73. The molecular formula is C38H52N8O. The number of rotatable bonds is 14. The molecule has 1 aliphatic rings. The molecule has 0 aliphatic carbocycles. The zero-order valence-corrected chi connectivity index (χ0v) is 29.4. The van der Waals surface area contributed by atoms with E-state index in [9.17, 15) is 0 Å². The van der Waals surface area contributed by atoms with Crippen LogP contribution in [0.2, 0.25) is 0 Å². The number of aromatic nitrogens is 1. The third-order valence-electron chi connectivity index (χ3n) is 8.32. The van der Waals surface area contributed by atoms with Crippen molar-refractivity contribution in [3.05, 3.63) is 96.0 Å². The summed E-state index contributed by atoms with van der Waals surface area (Å²) in [5.41, 5.74) is 5.36. The lowest BCUT2D eigenvalue weighted by Crippen LogP contribution is -2.56. The summed E-state index contributed by atoms with van der Waals surface area (Å²) in [6.45, 7) is 14.2. The Balaban J connectivity index is 1.67. The van der Waals surface area contributed by atoms with Crippen LogP contribution in [0.1, 0.15) is 31.9 Å². The molecule has 0 spiro atoms. The molecular weight excluding hydrogens is 584 g/mol. The summed E-state index contributed by atoms with van der Waals surface area (Å²) in [6, 6.07) is 17.0. The molecule has 2 aromatic carbocycles. The fourth-order valence-electron chi connectivity index (χ4n) is 5.46. The van der Waals surface area contributed by atoms with Crippen molar-refractivity contribution in [2.45, 2.75) is 33.4 Å². The van der Waals surface area contributed by atoms with Crippen molar-refractivity contribution in [3.63, 3.8) is 0 Å². The molecule has 1 fully saturated rings. The normalized spacial score (nSPS) is 17.3. The number of hydrogen-bond donors (Lipinski definition) is 2. The third kappa shape index (κ3) is 9.38. The van der Waals surface area contributed by atoms with E-state index in [1.807, 2.05) is 24.2 Å². The van der Waals surface area contributed by atoms with Gasteiger partial charge in [-0.2, -0.15) is 0 Å². The molecule has 4 rings (SSSR count). The van der Waals surface area contributed by atoms with Crippen molar-refractivity contribution >= 4 is 28.8 Å². The fraction of sp³-hybridized carbons (Fsp3) is 0.395. The quantitative estimate of drug-likeness (QED) is 0.230. The Kier molecular flexibility index (Phi) is 12.9. The van der Waals surface area contributed by atoms with E-state index in [0.717, 1.165) is 58.6 Å². The van der Waals surface area contributed by atoms with Gasteiger partial charge in [-0.1, -0.05) is 82.0 Å². The Hall–Kier alpha value is -4.31. The minimum absolute atomic E-state index is 0.0299. The predicted molar refractivity (Wildman–Crippen MR) is 198 cm³/mol. The second-order valence-corrected chi connectivity index (χ2v) is 12.5. The Morgan fingerprint density at radius 2 is 1.87 bits per heavy atom. The Morgan fingerprint density at radius 1 is 1.09 bits per heavy atom. The van der Waals surface area contributed by atoms with Gasteiger partial charge >= 0.3 is 0 Å². The van der Waals surface area contributed by atoms with Crippen molar-refractivity contribution in [3.8, 4) is 11.3 Å². The molecule has 1 aromatic heterocycles. The minimum atomic E-state index is -0.0299. The van der Waals surface area contributed by atoms with Crippen LogP contribution < -0.4 is 10.6 Å². The molecule has 1 aliphatic heterocycles. The van der Waals surface area contributed by atoms with Crippen molar-refractivity contribution < 1.29 is 4.74 Å². The summed E-state index contributed by atoms with van der Waals surface area (Å²) in [6.07, 6.45) is 8.12. The highest BCUT2D eigenvalue weighted by atomic mass is 16.5. The van der Waals surface area contributed by atoms with Gasteiger partial charge in [0.1, 0.15) is 5.82 Å². The molecule has 0 radical (unpaired) electrons. The number of guanidine groups is 2. The van der Waals surface area contributed by atoms with Crippen LogP contribution in [-0.4, -0.2) is 99.2 Å². The van der Waals surface area contributed by atoms with E-state index >= 15 is 0 Å². The summed E-state index contributed by atoms with van der Waals surface area (Å²) in [5.74, 6) is 2.50. The molecule has 1 unspecified atom stereocenters. The number of benzene rings is 2. The number of allylic oxidation sites excluding steroid dienone is 2. The number of pyridine rings is 1. The van der Waals surface area contributed by atoms with Crippen LogP contribution in [0.25, 0.3) is 28.1 Å². The second kappa shape index (κ2) is 17.0. The van der Waals surface area contributed by atoms with Crippen LogP contribution >= 0.6 is 0 Å². The monoisotopic (exact) mass is 636 g/mol. The first kappa shape index (κ1) is 35.5. The average molecular weight is 637 g/mol. The van der Waals surface area contributed by atoms with Gasteiger partial charge in [-0.05, 0) is 67.8 Å². The van der Waals surface area contributed by atoms with Gasteiger partial charge in [0.2, 0.25) is 11.9 Å².